The molecule has 1 aromatic carbocycles. The summed E-state index contributed by atoms with van der Waals surface area (Å²) in [6.45, 7) is 8.72. The first-order chi connectivity index (χ1) is 26.4. The molecule has 3 amide bonds. The second kappa shape index (κ2) is 15.8. The average Bonchev–Trinajstić information content (AvgIpc) is 3.55. The molecule has 2 fully saturated rings. The fourth-order valence-electron chi connectivity index (χ4n) is 6.84. The van der Waals surface area contributed by atoms with Crippen LogP contribution in [0.1, 0.15) is 32.8 Å². The molecule has 3 aromatic heterocycles. The summed E-state index contributed by atoms with van der Waals surface area (Å²) in [6.07, 6.45) is -0.769. The van der Waals surface area contributed by atoms with E-state index in [0.29, 0.717) is 87.0 Å². The number of alkyl carbamates (subject to hydrolysis) is 1. The minimum absolute atomic E-state index is 0.00371. The van der Waals surface area contributed by atoms with E-state index in [1.807, 2.05) is 30.3 Å². The van der Waals surface area contributed by atoms with Gasteiger partial charge < -0.3 is 29.0 Å². The van der Waals surface area contributed by atoms with Crippen molar-refractivity contribution < 1.29 is 38.1 Å². The molecule has 16 heteroatoms. The number of pyridine rings is 3. The largest absolute Gasteiger partial charge is 0.497 e. The lowest BCUT2D eigenvalue weighted by Gasteiger charge is -2.34. The van der Waals surface area contributed by atoms with E-state index in [-0.39, 0.29) is 36.6 Å². The van der Waals surface area contributed by atoms with E-state index >= 15 is 0 Å². The maximum absolute atomic E-state index is 13.3. The zero-order valence-corrected chi connectivity index (χ0v) is 31.4. The van der Waals surface area contributed by atoms with Crippen molar-refractivity contribution in [2.45, 2.75) is 52.0 Å². The molecule has 0 unspecified atom stereocenters. The van der Waals surface area contributed by atoms with E-state index < -0.39 is 17.8 Å². The van der Waals surface area contributed by atoms with Crippen molar-refractivity contribution in [1.29, 1.82) is 0 Å². The highest BCUT2D eigenvalue weighted by atomic mass is 16.6. The SMILES string of the molecule is COc1ccc(CN2C(=O)COc3ccc(N4C[C@@H]5CN(CCn6c(=O)ccc7ccc(OCCCNC(=O)OC(C)(C)C)nc76)C[C@@H]5OC4=O)nc32)cc1. The maximum Gasteiger partial charge on any atom is 0.415 e. The first kappa shape index (κ1) is 37.4. The van der Waals surface area contributed by atoms with Crippen LogP contribution in [0, 0.1) is 5.92 Å². The average molecular weight is 756 g/mol. The van der Waals surface area contributed by atoms with Crippen molar-refractivity contribution in [3.63, 3.8) is 0 Å². The molecule has 0 saturated carbocycles. The highest BCUT2D eigenvalue weighted by Gasteiger charge is 2.43. The van der Waals surface area contributed by atoms with Crippen molar-refractivity contribution >= 4 is 40.8 Å². The molecule has 0 bridgehead atoms. The van der Waals surface area contributed by atoms with E-state index in [9.17, 15) is 19.2 Å². The minimum atomic E-state index is -0.573. The van der Waals surface area contributed by atoms with Gasteiger partial charge in [-0.3, -0.25) is 28.9 Å². The third-order valence-corrected chi connectivity index (χ3v) is 9.54. The predicted molar refractivity (Wildman–Crippen MR) is 202 cm³/mol. The van der Waals surface area contributed by atoms with Gasteiger partial charge in [0.15, 0.2) is 18.2 Å². The Kier molecular flexibility index (Phi) is 10.8. The number of carbonyl (C=O) groups excluding carboxylic acids is 3. The summed E-state index contributed by atoms with van der Waals surface area (Å²) >= 11 is 0. The molecule has 6 heterocycles. The van der Waals surface area contributed by atoms with Gasteiger partial charge in [0.2, 0.25) is 5.88 Å². The fourth-order valence-corrected chi connectivity index (χ4v) is 6.84. The molecule has 55 heavy (non-hydrogen) atoms. The van der Waals surface area contributed by atoms with Crippen LogP contribution in [-0.2, 0) is 27.4 Å². The Labute approximate surface area is 317 Å². The van der Waals surface area contributed by atoms with Crippen molar-refractivity contribution in [3.05, 3.63) is 76.6 Å². The summed E-state index contributed by atoms with van der Waals surface area (Å²) in [6, 6.07) is 17.7. The molecule has 0 aliphatic carbocycles. The number of methoxy groups -OCH3 is 1. The monoisotopic (exact) mass is 755 g/mol. The maximum atomic E-state index is 13.3. The number of likely N-dealkylation sites (tertiary alicyclic amines) is 1. The quantitative estimate of drug-likeness (QED) is 0.207. The van der Waals surface area contributed by atoms with Crippen LogP contribution in [0.3, 0.4) is 0 Å². The second-order valence-corrected chi connectivity index (χ2v) is 14.7. The van der Waals surface area contributed by atoms with E-state index in [1.165, 1.54) is 11.0 Å². The van der Waals surface area contributed by atoms with Gasteiger partial charge in [0.25, 0.3) is 11.5 Å². The first-order valence-corrected chi connectivity index (χ1v) is 18.3. The number of rotatable bonds is 12. The smallest absolute Gasteiger partial charge is 0.415 e. The molecule has 2 saturated heterocycles. The topological polar surface area (TPSA) is 167 Å². The van der Waals surface area contributed by atoms with Gasteiger partial charge >= 0.3 is 12.2 Å². The van der Waals surface area contributed by atoms with Crippen LogP contribution in [-0.4, -0.2) is 102 Å². The zero-order chi connectivity index (χ0) is 38.7. The standard InChI is InChI=1S/C39H45N7O9/c1-39(2,3)55-37(49)40-16-5-19-52-32-14-8-26-9-15-33(47)44(35(26)42-32)18-17-43-21-27-22-45(38(50)54-30(27)23-43)31-13-12-29-36(41-31)46(34(48)24-53-29)20-25-6-10-28(51-4)11-7-25/h6-15,27,30H,5,16-24H2,1-4H3,(H,40,49)/t27-,30-/m0/s1. The van der Waals surface area contributed by atoms with E-state index in [0.717, 1.165) is 10.9 Å². The molecule has 2 atom stereocenters. The molecule has 0 spiro atoms. The van der Waals surface area contributed by atoms with E-state index in [4.69, 9.17) is 28.7 Å². The van der Waals surface area contributed by atoms with E-state index in [1.54, 1.807) is 61.6 Å². The summed E-state index contributed by atoms with van der Waals surface area (Å²) < 4.78 is 29.6. The molecule has 0 radical (unpaired) electrons. The predicted octanol–water partition coefficient (Wildman–Crippen LogP) is 3.98. The molecular weight excluding hydrogens is 710 g/mol. The minimum Gasteiger partial charge on any atom is -0.497 e. The molecule has 16 nitrogen and oxygen atoms in total. The number of fused-ring (bicyclic) bond motifs is 3. The lowest BCUT2D eigenvalue weighted by atomic mass is 10.0. The highest BCUT2D eigenvalue weighted by molar-refractivity contribution is 5.97. The van der Waals surface area contributed by atoms with Gasteiger partial charge in [-0.25, -0.2) is 14.6 Å². The number of aromatic nitrogens is 3. The highest BCUT2D eigenvalue weighted by Crippen LogP contribution is 2.36. The Morgan fingerprint density at radius 3 is 2.53 bits per heavy atom. The van der Waals surface area contributed by atoms with E-state index in [2.05, 4.69) is 15.2 Å². The van der Waals surface area contributed by atoms with Crippen LogP contribution in [0.5, 0.6) is 17.4 Å². The van der Waals surface area contributed by atoms with Gasteiger partial charge in [-0.05, 0) is 69.2 Å². The lowest BCUT2D eigenvalue weighted by Crippen LogP contribution is -2.48. The summed E-state index contributed by atoms with van der Waals surface area (Å²) in [5.41, 5.74) is 0.636. The second-order valence-electron chi connectivity index (χ2n) is 14.7. The van der Waals surface area contributed by atoms with Crippen molar-refractivity contribution in [3.8, 4) is 17.4 Å². The number of hydrogen-bond acceptors (Lipinski definition) is 12. The van der Waals surface area contributed by atoms with Crippen LogP contribution in [0.2, 0.25) is 0 Å². The Bertz CT molecular complexity index is 2120. The number of carbonyl (C=O) groups is 3. The summed E-state index contributed by atoms with van der Waals surface area (Å²) in [7, 11) is 1.60. The number of benzene rings is 1. The molecule has 3 aliphatic rings. The lowest BCUT2D eigenvalue weighted by molar-refractivity contribution is -0.121. The third kappa shape index (κ3) is 8.75. The number of anilines is 2. The van der Waals surface area contributed by atoms with Gasteiger partial charge in [-0.1, -0.05) is 12.1 Å². The number of nitrogens with zero attached hydrogens (tertiary/aromatic N) is 6. The Morgan fingerprint density at radius 1 is 0.945 bits per heavy atom. The first-order valence-electron chi connectivity index (χ1n) is 18.3. The van der Waals surface area contributed by atoms with Crippen molar-refractivity contribution in [1.82, 2.24) is 24.8 Å². The molecule has 7 rings (SSSR count). The summed E-state index contributed by atoms with van der Waals surface area (Å²) in [5.74, 6) is 2.00. The summed E-state index contributed by atoms with van der Waals surface area (Å²) in [4.78, 5) is 65.9. The third-order valence-electron chi connectivity index (χ3n) is 9.54. The molecular formula is C39H45N7O9. The van der Waals surface area contributed by atoms with Gasteiger partial charge in [0.05, 0.1) is 20.3 Å². The Hall–Kier alpha value is -5.90. The van der Waals surface area contributed by atoms with Crippen LogP contribution in [0.25, 0.3) is 11.0 Å². The zero-order valence-electron chi connectivity index (χ0n) is 31.4. The van der Waals surface area contributed by atoms with Crippen LogP contribution in [0.4, 0.5) is 21.2 Å². The molecule has 4 aromatic rings. The fraction of sp³-hybridized carbons (Fsp3) is 0.436. The van der Waals surface area contributed by atoms with Gasteiger partial charge in [-0.2, -0.15) is 4.98 Å². The van der Waals surface area contributed by atoms with Gasteiger partial charge in [0.1, 0.15) is 28.9 Å². The Balaban J connectivity index is 0.970. The van der Waals surface area contributed by atoms with Crippen molar-refractivity contribution in [2.75, 3.05) is 62.8 Å². The Morgan fingerprint density at radius 2 is 1.75 bits per heavy atom. The van der Waals surface area contributed by atoms with Gasteiger partial charge in [-0.15, -0.1) is 0 Å². The summed E-state index contributed by atoms with van der Waals surface area (Å²) in [5, 5.41) is 3.50. The molecule has 3 aliphatic heterocycles. The number of nitrogens with one attached hydrogen (secondary N) is 1. The number of hydrogen-bond donors (Lipinski definition) is 1. The van der Waals surface area contributed by atoms with Crippen molar-refractivity contribution in [2.24, 2.45) is 5.92 Å². The van der Waals surface area contributed by atoms with Crippen LogP contribution in [0.15, 0.2) is 65.5 Å². The van der Waals surface area contributed by atoms with Gasteiger partial charge in [0, 0.05) is 62.7 Å². The molecule has 1 N–H and O–H groups in total. The van der Waals surface area contributed by atoms with Crippen LogP contribution >= 0.6 is 0 Å². The normalized spacial score (nSPS) is 18.3. The number of ether oxygens (including phenoxy) is 5. The van der Waals surface area contributed by atoms with Crippen LogP contribution < -0.4 is 34.9 Å². The molecule has 290 valence electrons. The number of amides is 3.